The van der Waals surface area contributed by atoms with E-state index in [0.29, 0.717) is 12.0 Å². The fourth-order valence-electron chi connectivity index (χ4n) is 1.32. The van der Waals surface area contributed by atoms with Crippen LogP contribution < -0.4 is 0 Å². The van der Waals surface area contributed by atoms with E-state index >= 15 is 0 Å². The Hall–Kier alpha value is -1.09. The molecule has 0 heterocycles. The third kappa shape index (κ3) is 2.04. The minimum absolute atomic E-state index is 0.0956. The van der Waals surface area contributed by atoms with Crippen LogP contribution in [0.5, 0.6) is 0 Å². The van der Waals surface area contributed by atoms with Crippen molar-refractivity contribution in [1.29, 1.82) is 0 Å². The van der Waals surface area contributed by atoms with Crippen LogP contribution in [-0.2, 0) is 4.79 Å². The van der Waals surface area contributed by atoms with Crippen molar-refractivity contribution in [2.24, 2.45) is 0 Å². The fraction of sp³-hybridized carbons (Fsp3) is 0.300. The maximum atomic E-state index is 13.0. The molecule has 0 spiro atoms. The molecule has 76 valence electrons. The first-order valence-electron chi connectivity index (χ1n) is 4.24. The van der Waals surface area contributed by atoms with Crippen molar-refractivity contribution in [3.8, 4) is 0 Å². The van der Waals surface area contributed by atoms with Gasteiger partial charge in [0.05, 0.1) is 10.9 Å². The molecule has 0 aliphatic heterocycles. The van der Waals surface area contributed by atoms with Crippen molar-refractivity contribution >= 4 is 17.6 Å². The summed E-state index contributed by atoms with van der Waals surface area (Å²) in [6, 6.07) is 4.20. The second kappa shape index (κ2) is 4.42. The average Bonchev–Trinajstić information content (AvgIpc) is 2.13. The van der Waals surface area contributed by atoms with Crippen molar-refractivity contribution in [3.63, 3.8) is 0 Å². The highest BCUT2D eigenvalue weighted by Gasteiger charge is 2.21. The monoisotopic (exact) mass is 216 g/mol. The first-order chi connectivity index (χ1) is 6.57. The van der Waals surface area contributed by atoms with Gasteiger partial charge < -0.3 is 5.11 Å². The van der Waals surface area contributed by atoms with Crippen molar-refractivity contribution in [2.45, 2.75) is 19.3 Å². The number of halogens is 2. The molecule has 14 heavy (non-hydrogen) atoms. The summed E-state index contributed by atoms with van der Waals surface area (Å²) in [4.78, 5) is 10.8. The molecule has 0 amide bonds. The van der Waals surface area contributed by atoms with E-state index in [1.165, 1.54) is 18.2 Å². The number of hydrogen-bond donors (Lipinski definition) is 1. The van der Waals surface area contributed by atoms with E-state index in [-0.39, 0.29) is 5.02 Å². The zero-order chi connectivity index (χ0) is 10.7. The fourth-order valence-corrected chi connectivity index (χ4v) is 1.57. The number of benzene rings is 1. The highest BCUT2D eigenvalue weighted by molar-refractivity contribution is 6.31. The van der Waals surface area contributed by atoms with Gasteiger partial charge in [-0.3, -0.25) is 4.79 Å². The second-order valence-corrected chi connectivity index (χ2v) is 3.32. The third-order valence-corrected chi connectivity index (χ3v) is 2.46. The first kappa shape index (κ1) is 11.0. The largest absolute Gasteiger partial charge is 0.481 e. The van der Waals surface area contributed by atoms with Gasteiger partial charge >= 0.3 is 5.97 Å². The van der Waals surface area contributed by atoms with Crippen molar-refractivity contribution in [1.82, 2.24) is 0 Å². The van der Waals surface area contributed by atoms with E-state index in [0.717, 1.165) is 0 Å². The van der Waals surface area contributed by atoms with Crippen LogP contribution >= 0.6 is 11.6 Å². The number of carbonyl (C=O) groups is 1. The Morgan fingerprint density at radius 3 is 2.79 bits per heavy atom. The number of hydrogen-bond acceptors (Lipinski definition) is 1. The van der Waals surface area contributed by atoms with E-state index in [9.17, 15) is 9.18 Å². The summed E-state index contributed by atoms with van der Waals surface area (Å²) in [6.07, 6.45) is 0.387. The lowest BCUT2D eigenvalue weighted by atomic mass is 9.96. The predicted octanol–water partition coefficient (Wildman–Crippen LogP) is 3.06. The molecule has 1 unspecified atom stereocenters. The highest BCUT2D eigenvalue weighted by Crippen LogP contribution is 2.29. The molecule has 1 aromatic rings. The molecule has 1 atom stereocenters. The van der Waals surface area contributed by atoms with E-state index in [1.807, 2.05) is 0 Å². The van der Waals surface area contributed by atoms with Crippen LogP contribution in [0.4, 0.5) is 4.39 Å². The summed E-state index contributed by atoms with van der Waals surface area (Å²) >= 11 is 5.67. The summed E-state index contributed by atoms with van der Waals surface area (Å²) < 4.78 is 13.0. The van der Waals surface area contributed by atoms with Gasteiger partial charge in [0.25, 0.3) is 0 Å². The van der Waals surface area contributed by atoms with Gasteiger partial charge in [0.2, 0.25) is 0 Å². The third-order valence-electron chi connectivity index (χ3n) is 2.06. The Balaban J connectivity index is 3.16. The molecule has 0 radical (unpaired) electrons. The lowest BCUT2D eigenvalue weighted by Crippen LogP contribution is -2.11. The zero-order valence-corrected chi connectivity index (χ0v) is 8.38. The van der Waals surface area contributed by atoms with Gasteiger partial charge in [-0.25, -0.2) is 4.39 Å². The van der Waals surface area contributed by atoms with Gasteiger partial charge in [-0.05, 0) is 18.1 Å². The van der Waals surface area contributed by atoms with Crippen LogP contribution in [0.2, 0.25) is 5.02 Å². The Labute approximate surface area is 86.3 Å². The molecular formula is C10H10ClFO2. The molecule has 0 aliphatic carbocycles. The average molecular weight is 217 g/mol. The normalized spacial score (nSPS) is 12.5. The van der Waals surface area contributed by atoms with Gasteiger partial charge in [-0.1, -0.05) is 30.7 Å². The van der Waals surface area contributed by atoms with Crippen LogP contribution in [0.1, 0.15) is 24.8 Å². The summed E-state index contributed by atoms with van der Waals surface area (Å²) in [5, 5.41) is 8.77. The second-order valence-electron chi connectivity index (χ2n) is 2.94. The Morgan fingerprint density at radius 1 is 1.64 bits per heavy atom. The van der Waals surface area contributed by atoms with Gasteiger partial charge in [-0.2, -0.15) is 0 Å². The van der Waals surface area contributed by atoms with Gasteiger partial charge in [0.15, 0.2) is 0 Å². The Morgan fingerprint density at radius 2 is 2.29 bits per heavy atom. The topological polar surface area (TPSA) is 37.3 Å². The van der Waals surface area contributed by atoms with E-state index in [2.05, 4.69) is 0 Å². The minimum Gasteiger partial charge on any atom is -0.481 e. The number of carboxylic acid groups (broad SMARTS) is 1. The number of carboxylic acids is 1. The molecule has 0 aliphatic rings. The maximum Gasteiger partial charge on any atom is 0.311 e. The van der Waals surface area contributed by atoms with Crippen molar-refractivity contribution in [3.05, 3.63) is 34.6 Å². The van der Waals surface area contributed by atoms with Gasteiger partial charge in [-0.15, -0.1) is 0 Å². The van der Waals surface area contributed by atoms with Crippen molar-refractivity contribution in [2.75, 3.05) is 0 Å². The quantitative estimate of drug-likeness (QED) is 0.843. The predicted molar refractivity (Wildman–Crippen MR) is 52.1 cm³/mol. The van der Waals surface area contributed by atoms with Crippen LogP contribution in [-0.4, -0.2) is 11.1 Å². The minimum atomic E-state index is -0.986. The molecule has 0 saturated carbocycles. The van der Waals surface area contributed by atoms with Crippen LogP contribution in [0.15, 0.2) is 18.2 Å². The summed E-state index contributed by atoms with van der Waals surface area (Å²) in [6.45, 7) is 1.72. The van der Waals surface area contributed by atoms with E-state index in [4.69, 9.17) is 16.7 Å². The molecule has 1 rings (SSSR count). The number of aliphatic carboxylic acids is 1. The van der Waals surface area contributed by atoms with Gasteiger partial charge in [0.1, 0.15) is 5.82 Å². The lowest BCUT2D eigenvalue weighted by molar-refractivity contribution is -0.138. The van der Waals surface area contributed by atoms with E-state index < -0.39 is 17.7 Å². The first-order valence-corrected chi connectivity index (χ1v) is 4.62. The van der Waals surface area contributed by atoms with E-state index in [1.54, 1.807) is 6.92 Å². The van der Waals surface area contributed by atoms with Crippen molar-refractivity contribution < 1.29 is 14.3 Å². The molecule has 0 bridgehead atoms. The smallest absolute Gasteiger partial charge is 0.311 e. The molecule has 0 aromatic heterocycles. The number of rotatable bonds is 3. The highest BCUT2D eigenvalue weighted by atomic mass is 35.5. The molecule has 0 saturated heterocycles. The lowest BCUT2D eigenvalue weighted by Gasteiger charge is -2.11. The molecular weight excluding hydrogens is 207 g/mol. The maximum absolute atomic E-state index is 13.0. The molecule has 1 aromatic carbocycles. The van der Waals surface area contributed by atoms with Crippen LogP contribution in [0.25, 0.3) is 0 Å². The van der Waals surface area contributed by atoms with Crippen LogP contribution in [0.3, 0.4) is 0 Å². The zero-order valence-electron chi connectivity index (χ0n) is 7.63. The summed E-state index contributed by atoms with van der Waals surface area (Å²) in [5.74, 6) is -2.30. The Kier molecular flexibility index (Phi) is 3.47. The molecule has 4 heteroatoms. The van der Waals surface area contributed by atoms with Gasteiger partial charge in [0, 0.05) is 0 Å². The Bertz CT molecular complexity index is 352. The summed E-state index contributed by atoms with van der Waals surface area (Å²) in [5.41, 5.74) is 0.335. The van der Waals surface area contributed by atoms with Crippen LogP contribution in [0, 0.1) is 5.82 Å². The molecule has 2 nitrogen and oxygen atoms in total. The SMILES string of the molecule is CCC(C(=O)O)c1cccc(F)c1Cl. The molecule has 0 fully saturated rings. The summed E-state index contributed by atoms with van der Waals surface area (Å²) in [7, 11) is 0. The molecule has 1 N–H and O–H groups in total. The standard InChI is InChI=1S/C10H10ClFO2/c1-2-6(10(13)14)7-4-3-5-8(12)9(7)11/h3-6H,2H2,1H3,(H,13,14).